The normalized spacial score (nSPS) is 16.4. The molecule has 0 heterocycles. The molecule has 6 aromatic rings. The van der Waals surface area contributed by atoms with Gasteiger partial charge in [-0.25, -0.2) is 0 Å². The molecular formula is C52H41N. The molecule has 6 aromatic carbocycles. The van der Waals surface area contributed by atoms with Crippen molar-refractivity contribution in [3.63, 3.8) is 0 Å². The molecule has 0 bridgehead atoms. The molecule has 0 radical (unpaired) electrons. The van der Waals surface area contributed by atoms with Crippen molar-refractivity contribution in [3.8, 4) is 22.3 Å². The van der Waals surface area contributed by atoms with Gasteiger partial charge < -0.3 is 4.90 Å². The number of anilines is 3. The zero-order valence-electron chi connectivity index (χ0n) is 30.3. The highest BCUT2D eigenvalue weighted by atomic mass is 15.1. The number of fused-ring (bicyclic) bond motifs is 11. The van der Waals surface area contributed by atoms with Crippen molar-refractivity contribution in [2.24, 2.45) is 0 Å². The molecule has 0 atom stereocenters. The first kappa shape index (κ1) is 31.5. The third kappa shape index (κ3) is 4.50. The van der Waals surface area contributed by atoms with Crippen LogP contribution in [0, 0.1) is 0 Å². The molecule has 0 unspecified atom stereocenters. The minimum atomic E-state index is -0.412. The highest BCUT2D eigenvalue weighted by Gasteiger charge is 2.51. The Morgan fingerprint density at radius 1 is 0.585 bits per heavy atom. The van der Waals surface area contributed by atoms with Crippen LogP contribution in [0.25, 0.3) is 33.9 Å². The molecule has 0 saturated heterocycles. The number of para-hydroxylation sites is 1. The second-order valence-electron chi connectivity index (χ2n) is 15.2. The van der Waals surface area contributed by atoms with Gasteiger partial charge >= 0.3 is 0 Å². The van der Waals surface area contributed by atoms with Crippen LogP contribution in [0.15, 0.2) is 182 Å². The molecule has 1 heteroatoms. The SMILES string of the molecule is C=C/C=C\C1=Cc2ccc(N(c3ccc4c(c3)C3(c5ccccc5-c5ccccc53)c3ccccc3-4)c3ccccc3C3=CCCC=C3)cc2C1(C)C. The van der Waals surface area contributed by atoms with Crippen molar-refractivity contribution in [2.45, 2.75) is 37.5 Å². The van der Waals surface area contributed by atoms with Gasteiger partial charge in [0.25, 0.3) is 0 Å². The average Bonchev–Trinajstić information content (AvgIpc) is 3.77. The highest BCUT2D eigenvalue weighted by Crippen LogP contribution is 2.63. The van der Waals surface area contributed by atoms with Gasteiger partial charge in [0.1, 0.15) is 0 Å². The molecule has 10 rings (SSSR count). The van der Waals surface area contributed by atoms with Crippen molar-refractivity contribution in [3.05, 3.63) is 221 Å². The summed E-state index contributed by atoms with van der Waals surface area (Å²) in [4.78, 5) is 2.51. The Bertz CT molecular complexity index is 2560. The smallest absolute Gasteiger partial charge is 0.0726 e. The van der Waals surface area contributed by atoms with Crippen molar-refractivity contribution in [1.82, 2.24) is 0 Å². The zero-order valence-corrected chi connectivity index (χ0v) is 30.3. The lowest BCUT2D eigenvalue weighted by Gasteiger charge is -2.33. The highest BCUT2D eigenvalue weighted by molar-refractivity contribution is 5.97. The van der Waals surface area contributed by atoms with Crippen LogP contribution in [0.2, 0.25) is 0 Å². The van der Waals surface area contributed by atoms with Gasteiger partial charge in [0.15, 0.2) is 0 Å². The van der Waals surface area contributed by atoms with Gasteiger partial charge in [0.2, 0.25) is 0 Å². The van der Waals surface area contributed by atoms with E-state index in [1.165, 1.54) is 78.0 Å². The molecule has 0 amide bonds. The van der Waals surface area contributed by atoms with Gasteiger partial charge in [-0.3, -0.25) is 0 Å². The van der Waals surface area contributed by atoms with Crippen molar-refractivity contribution in [2.75, 3.05) is 4.90 Å². The van der Waals surface area contributed by atoms with E-state index in [1.807, 2.05) is 12.2 Å². The van der Waals surface area contributed by atoms with Gasteiger partial charge in [-0.15, -0.1) is 0 Å². The molecule has 0 aromatic heterocycles. The van der Waals surface area contributed by atoms with E-state index in [0.29, 0.717) is 0 Å². The quantitative estimate of drug-likeness (QED) is 0.158. The lowest BCUT2D eigenvalue weighted by molar-refractivity contribution is 0.655. The molecule has 1 spiro atoms. The topological polar surface area (TPSA) is 3.24 Å². The van der Waals surface area contributed by atoms with E-state index in [1.54, 1.807) is 0 Å². The van der Waals surface area contributed by atoms with Crippen molar-refractivity contribution in [1.29, 1.82) is 0 Å². The Morgan fingerprint density at radius 2 is 1.15 bits per heavy atom. The summed E-state index contributed by atoms with van der Waals surface area (Å²) in [5, 5.41) is 0. The first-order chi connectivity index (χ1) is 26.0. The molecule has 0 fully saturated rings. The minimum absolute atomic E-state index is 0.147. The molecule has 0 aliphatic heterocycles. The van der Waals surface area contributed by atoms with Gasteiger partial charge in [-0.1, -0.05) is 166 Å². The second kappa shape index (κ2) is 11.9. The van der Waals surface area contributed by atoms with E-state index in [4.69, 9.17) is 0 Å². The fourth-order valence-corrected chi connectivity index (χ4v) is 9.66. The maximum atomic E-state index is 3.93. The lowest BCUT2D eigenvalue weighted by Crippen LogP contribution is -2.26. The molecule has 0 N–H and O–H groups in total. The van der Waals surface area contributed by atoms with Crippen LogP contribution in [0.1, 0.15) is 65.6 Å². The number of hydrogen-bond acceptors (Lipinski definition) is 1. The fraction of sp³-hybridized carbons (Fsp3) is 0.115. The monoisotopic (exact) mass is 679 g/mol. The van der Waals surface area contributed by atoms with Crippen LogP contribution in [0.4, 0.5) is 17.1 Å². The fourth-order valence-electron chi connectivity index (χ4n) is 9.66. The van der Waals surface area contributed by atoms with E-state index < -0.39 is 5.41 Å². The number of allylic oxidation sites excluding steroid dienone is 8. The number of rotatable bonds is 6. The summed E-state index contributed by atoms with van der Waals surface area (Å²) >= 11 is 0. The summed E-state index contributed by atoms with van der Waals surface area (Å²) in [6.45, 7) is 8.60. The predicted molar refractivity (Wildman–Crippen MR) is 224 cm³/mol. The zero-order chi connectivity index (χ0) is 35.7. The standard InChI is InChI=1S/C52H41N/c1-4-5-19-37-32-36-28-29-38(33-48(36)51(37,2)3)53(50-27-16-12-20-40(50)35-17-7-6-8-18-35)39-30-31-44-43-23-11-15-26-47(43)52(49(44)34-39)45-24-13-9-21-41(45)42-22-10-14-25-46(42)52/h4-5,7,9-34H,1,6,8H2,2-3H3/b19-5-. The van der Waals surface area contributed by atoms with Crippen LogP contribution in [0.5, 0.6) is 0 Å². The molecule has 254 valence electrons. The molecule has 1 nitrogen and oxygen atoms in total. The van der Waals surface area contributed by atoms with Crippen LogP contribution < -0.4 is 4.90 Å². The Morgan fingerprint density at radius 3 is 1.77 bits per heavy atom. The van der Waals surface area contributed by atoms with Crippen LogP contribution >= 0.6 is 0 Å². The maximum Gasteiger partial charge on any atom is 0.0726 e. The summed E-state index contributed by atoms with van der Waals surface area (Å²) in [7, 11) is 0. The number of nitrogens with zero attached hydrogens (tertiary/aromatic N) is 1. The van der Waals surface area contributed by atoms with Crippen molar-refractivity contribution < 1.29 is 0 Å². The van der Waals surface area contributed by atoms with E-state index in [0.717, 1.165) is 24.2 Å². The largest absolute Gasteiger partial charge is 0.310 e. The molecule has 4 aliphatic rings. The van der Waals surface area contributed by atoms with E-state index in [2.05, 4.69) is 189 Å². The Kier molecular flexibility index (Phi) is 7.10. The van der Waals surface area contributed by atoms with E-state index >= 15 is 0 Å². The first-order valence-corrected chi connectivity index (χ1v) is 18.9. The molecule has 4 aliphatic carbocycles. The second-order valence-corrected chi connectivity index (χ2v) is 15.2. The average molecular weight is 680 g/mol. The predicted octanol–water partition coefficient (Wildman–Crippen LogP) is 13.7. The Balaban J connectivity index is 1.24. The van der Waals surface area contributed by atoms with Crippen LogP contribution in [-0.2, 0) is 10.8 Å². The molecule has 53 heavy (non-hydrogen) atoms. The van der Waals surface area contributed by atoms with Gasteiger partial charge in [-0.2, -0.15) is 0 Å². The summed E-state index contributed by atoms with van der Waals surface area (Å²) in [6.07, 6.45) is 17.6. The maximum absolute atomic E-state index is 3.93. The lowest BCUT2D eigenvalue weighted by atomic mass is 9.70. The van der Waals surface area contributed by atoms with Crippen LogP contribution in [-0.4, -0.2) is 0 Å². The van der Waals surface area contributed by atoms with E-state index in [-0.39, 0.29) is 5.41 Å². The first-order valence-electron chi connectivity index (χ1n) is 18.9. The Labute approximate surface area is 313 Å². The summed E-state index contributed by atoms with van der Waals surface area (Å²) in [5.41, 5.74) is 20.0. The van der Waals surface area contributed by atoms with E-state index in [9.17, 15) is 0 Å². The third-order valence-electron chi connectivity index (χ3n) is 12.1. The van der Waals surface area contributed by atoms with Gasteiger partial charge in [0.05, 0.1) is 11.1 Å². The summed E-state index contributed by atoms with van der Waals surface area (Å²) in [5.74, 6) is 0. The Hall–Kier alpha value is -6.18. The van der Waals surface area contributed by atoms with Crippen LogP contribution in [0.3, 0.4) is 0 Å². The van der Waals surface area contributed by atoms with Gasteiger partial charge in [-0.05, 0) is 110 Å². The summed E-state index contributed by atoms with van der Waals surface area (Å²) < 4.78 is 0. The third-order valence-corrected chi connectivity index (χ3v) is 12.1. The minimum Gasteiger partial charge on any atom is -0.310 e. The number of benzene rings is 6. The van der Waals surface area contributed by atoms with Gasteiger partial charge in [0, 0.05) is 22.4 Å². The molecular weight excluding hydrogens is 639 g/mol. The summed E-state index contributed by atoms with van der Waals surface area (Å²) in [6, 6.07) is 50.4. The number of hydrogen-bond donors (Lipinski definition) is 0. The van der Waals surface area contributed by atoms with Crippen molar-refractivity contribution >= 4 is 28.7 Å². The molecule has 0 saturated carbocycles.